The van der Waals surface area contributed by atoms with Gasteiger partial charge >= 0.3 is 0 Å². The Bertz CT molecular complexity index is 267. The van der Waals surface area contributed by atoms with Crippen molar-refractivity contribution in [2.24, 2.45) is 11.8 Å². The van der Waals surface area contributed by atoms with E-state index in [9.17, 15) is 15.3 Å². The summed E-state index contributed by atoms with van der Waals surface area (Å²) in [5.41, 5.74) is 1.18. The van der Waals surface area contributed by atoms with Crippen LogP contribution in [0.1, 0.15) is 52.9 Å². The van der Waals surface area contributed by atoms with Crippen LogP contribution in [0.4, 0.5) is 0 Å². The molecule has 100 valence electrons. The molecule has 3 heteroatoms. The fourth-order valence-corrected chi connectivity index (χ4v) is 2.65. The third kappa shape index (κ3) is 4.41. The molecule has 0 aromatic heterocycles. The molecule has 0 aromatic rings. The number of aliphatic hydroxyl groups is 3. The van der Waals surface area contributed by atoms with E-state index in [0.717, 1.165) is 6.42 Å². The summed E-state index contributed by atoms with van der Waals surface area (Å²) in [5, 5.41) is 30.1. The van der Waals surface area contributed by atoms with Gasteiger partial charge in [-0.3, -0.25) is 0 Å². The molecule has 0 spiro atoms. The predicted molar refractivity (Wildman–Crippen MR) is 68.3 cm³/mol. The van der Waals surface area contributed by atoms with Gasteiger partial charge in [-0.05, 0) is 39.0 Å². The van der Waals surface area contributed by atoms with Crippen LogP contribution in [0.3, 0.4) is 0 Å². The lowest BCUT2D eigenvalue weighted by Crippen LogP contribution is -2.46. The molecule has 0 aromatic carbocycles. The SMILES string of the molecule is CC(C)=CCCC(O)(O)C1CCC(C)CC1O. The van der Waals surface area contributed by atoms with Gasteiger partial charge in [0.25, 0.3) is 0 Å². The van der Waals surface area contributed by atoms with E-state index in [-0.39, 0.29) is 0 Å². The minimum atomic E-state index is -1.73. The molecule has 0 saturated heterocycles. The monoisotopic (exact) mass is 242 g/mol. The minimum absolute atomic E-state index is 0.300. The average molecular weight is 242 g/mol. The molecule has 0 amide bonds. The summed E-state index contributed by atoms with van der Waals surface area (Å²) >= 11 is 0. The maximum absolute atomic E-state index is 10.1. The van der Waals surface area contributed by atoms with Crippen LogP contribution in [-0.2, 0) is 0 Å². The first-order valence-corrected chi connectivity index (χ1v) is 6.59. The van der Waals surface area contributed by atoms with Gasteiger partial charge in [0, 0.05) is 12.3 Å². The minimum Gasteiger partial charge on any atom is -0.393 e. The first-order chi connectivity index (χ1) is 7.83. The van der Waals surface area contributed by atoms with Crippen molar-refractivity contribution in [1.82, 2.24) is 0 Å². The van der Waals surface area contributed by atoms with Crippen molar-refractivity contribution in [2.75, 3.05) is 0 Å². The molecule has 17 heavy (non-hydrogen) atoms. The molecule has 1 aliphatic carbocycles. The van der Waals surface area contributed by atoms with Crippen LogP contribution in [0, 0.1) is 11.8 Å². The number of hydrogen-bond acceptors (Lipinski definition) is 3. The van der Waals surface area contributed by atoms with Crippen LogP contribution in [-0.4, -0.2) is 27.2 Å². The molecule has 1 saturated carbocycles. The van der Waals surface area contributed by atoms with E-state index in [2.05, 4.69) is 6.92 Å². The maximum atomic E-state index is 10.1. The topological polar surface area (TPSA) is 60.7 Å². The van der Waals surface area contributed by atoms with Gasteiger partial charge in [-0.25, -0.2) is 0 Å². The zero-order valence-corrected chi connectivity index (χ0v) is 11.2. The van der Waals surface area contributed by atoms with Gasteiger partial charge in [-0.2, -0.15) is 0 Å². The maximum Gasteiger partial charge on any atom is 0.168 e. The first kappa shape index (κ1) is 14.7. The van der Waals surface area contributed by atoms with Crippen LogP contribution < -0.4 is 0 Å². The molecular formula is C14H26O3. The van der Waals surface area contributed by atoms with Gasteiger partial charge in [0.15, 0.2) is 5.79 Å². The van der Waals surface area contributed by atoms with Crippen LogP contribution >= 0.6 is 0 Å². The second-order valence-electron chi connectivity index (χ2n) is 5.79. The highest BCUT2D eigenvalue weighted by Gasteiger charge is 2.41. The molecule has 3 atom stereocenters. The fourth-order valence-electron chi connectivity index (χ4n) is 2.65. The molecular weight excluding hydrogens is 216 g/mol. The van der Waals surface area contributed by atoms with E-state index >= 15 is 0 Å². The Morgan fingerprint density at radius 2 is 1.94 bits per heavy atom. The molecule has 0 bridgehead atoms. The molecule has 1 rings (SSSR count). The van der Waals surface area contributed by atoms with Gasteiger partial charge in [0.05, 0.1) is 6.10 Å². The lowest BCUT2D eigenvalue weighted by Gasteiger charge is -2.39. The molecule has 3 unspecified atom stereocenters. The molecule has 0 radical (unpaired) electrons. The van der Waals surface area contributed by atoms with E-state index in [1.54, 1.807) is 0 Å². The second-order valence-corrected chi connectivity index (χ2v) is 5.79. The quantitative estimate of drug-likeness (QED) is 0.523. The Morgan fingerprint density at radius 3 is 2.47 bits per heavy atom. The summed E-state index contributed by atoms with van der Waals surface area (Å²) in [7, 11) is 0. The standard InChI is InChI=1S/C14H26O3/c1-10(2)5-4-8-14(16,17)12-7-6-11(3)9-13(12)15/h5,11-13,15-17H,4,6-9H2,1-3H3. The molecule has 1 fully saturated rings. The number of aliphatic hydroxyl groups excluding tert-OH is 1. The molecule has 3 N–H and O–H groups in total. The van der Waals surface area contributed by atoms with Crippen molar-refractivity contribution in [2.45, 2.75) is 64.8 Å². The van der Waals surface area contributed by atoms with E-state index in [1.165, 1.54) is 5.57 Å². The van der Waals surface area contributed by atoms with Crippen LogP contribution in [0.2, 0.25) is 0 Å². The number of allylic oxidation sites excluding steroid dienone is 2. The molecule has 0 heterocycles. The number of hydrogen-bond donors (Lipinski definition) is 3. The summed E-state index contributed by atoms with van der Waals surface area (Å²) < 4.78 is 0. The average Bonchev–Trinajstić information content (AvgIpc) is 2.15. The Kier molecular flexibility index (Phi) is 5.17. The highest BCUT2D eigenvalue weighted by atomic mass is 16.5. The molecule has 1 aliphatic rings. The van der Waals surface area contributed by atoms with Crippen molar-refractivity contribution in [3.63, 3.8) is 0 Å². The summed E-state index contributed by atoms with van der Waals surface area (Å²) in [6.07, 6.45) is 4.70. The largest absolute Gasteiger partial charge is 0.393 e. The lowest BCUT2D eigenvalue weighted by molar-refractivity contribution is -0.233. The van der Waals surface area contributed by atoms with Gasteiger partial charge in [0.1, 0.15) is 0 Å². The highest BCUT2D eigenvalue weighted by molar-refractivity contribution is 4.95. The van der Waals surface area contributed by atoms with Crippen LogP contribution in [0.25, 0.3) is 0 Å². The predicted octanol–water partition coefficient (Wildman–Crippen LogP) is 2.21. The van der Waals surface area contributed by atoms with E-state index < -0.39 is 17.8 Å². The van der Waals surface area contributed by atoms with Crippen LogP contribution in [0.15, 0.2) is 11.6 Å². The summed E-state index contributed by atoms with van der Waals surface area (Å²) in [4.78, 5) is 0. The summed E-state index contributed by atoms with van der Waals surface area (Å²) in [6.45, 7) is 6.08. The lowest BCUT2D eigenvalue weighted by atomic mass is 9.75. The normalized spacial score (nSPS) is 30.1. The van der Waals surface area contributed by atoms with Gasteiger partial charge in [-0.1, -0.05) is 25.0 Å². The molecule has 0 aliphatic heterocycles. The smallest absolute Gasteiger partial charge is 0.168 e. The summed E-state index contributed by atoms with van der Waals surface area (Å²) in [5.74, 6) is -1.65. The first-order valence-electron chi connectivity index (χ1n) is 6.59. The second kappa shape index (κ2) is 5.98. The Morgan fingerprint density at radius 1 is 1.29 bits per heavy atom. The number of rotatable bonds is 4. The summed E-state index contributed by atoms with van der Waals surface area (Å²) in [6, 6.07) is 0. The zero-order valence-electron chi connectivity index (χ0n) is 11.2. The van der Waals surface area contributed by atoms with Crippen LogP contribution in [0.5, 0.6) is 0 Å². The van der Waals surface area contributed by atoms with Crippen molar-refractivity contribution in [3.05, 3.63) is 11.6 Å². The van der Waals surface area contributed by atoms with Gasteiger partial charge in [0.2, 0.25) is 0 Å². The fraction of sp³-hybridized carbons (Fsp3) is 0.857. The molecule has 3 nitrogen and oxygen atoms in total. The van der Waals surface area contributed by atoms with Crippen molar-refractivity contribution in [3.8, 4) is 0 Å². The van der Waals surface area contributed by atoms with Gasteiger partial charge < -0.3 is 15.3 Å². The van der Waals surface area contributed by atoms with E-state index in [0.29, 0.717) is 31.6 Å². The van der Waals surface area contributed by atoms with Crippen molar-refractivity contribution < 1.29 is 15.3 Å². The Hall–Kier alpha value is -0.380. The van der Waals surface area contributed by atoms with Crippen molar-refractivity contribution in [1.29, 1.82) is 0 Å². The highest BCUT2D eigenvalue weighted by Crippen LogP contribution is 2.36. The third-order valence-electron chi connectivity index (χ3n) is 3.74. The van der Waals surface area contributed by atoms with E-state index in [1.807, 2.05) is 19.9 Å². The Balaban J connectivity index is 2.54. The Labute approximate surface area is 104 Å². The zero-order chi connectivity index (χ0) is 13.1. The third-order valence-corrected chi connectivity index (χ3v) is 3.74. The van der Waals surface area contributed by atoms with Crippen molar-refractivity contribution >= 4 is 0 Å². The van der Waals surface area contributed by atoms with E-state index in [4.69, 9.17) is 0 Å². The van der Waals surface area contributed by atoms with Gasteiger partial charge in [-0.15, -0.1) is 0 Å².